The van der Waals surface area contributed by atoms with E-state index in [1.807, 2.05) is 0 Å². The van der Waals surface area contributed by atoms with Gasteiger partial charge in [-0.3, -0.25) is 0 Å². The van der Waals surface area contributed by atoms with Gasteiger partial charge in [0.1, 0.15) is 0 Å². The maximum atomic E-state index is 2.33. The van der Waals surface area contributed by atoms with E-state index in [-0.39, 0.29) is 0 Å². The fourth-order valence-corrected chi connectivity index (χ4v) is 1.37. The molecule has 0 radical (unpaired) electrons. The molecule has 0 rings (SSSR count). The summed E-state index contributed by atoms with van der Waals surface area (Å²) >= 11 is 0. The quantitative estimate of drug-likeness (QED) is 0.532. The van der Waals surface area contributed by atoms with E-state index in [0.29, 0.717) is 0 Å². The Labute approximate surface area is 71.0 Å². The van der Waals surface area contributed by atoms with Gasteiger partial charge in [0, 0.05) is 0 Å². The van der Waals surface area contributed by atoms with Crippen molar-refractivity contribution in [1.82, 2.24) is 0 Å². The molecule has 0 spiro atoms. The minimum atomic E-state index is 1.15. The van der Waals surface area contributed by atoms with E-state index < -0.39 is 0 Å². The summed E-state index contributed by atoms with van der Waals surface area (Å²) in [5.74, 6) is 0. The molecule has 0 nitrogen and oxygen atoms in total. The minimum absolute atomic E-state index is 1.15. The molecule has 0 aliphatic carbocycles. The highest BCUT2D eigenvalue weighted by atomic mass is 14.0. The van der Waals surface area contributed by atoms with Crippen molar-refractivity contribution in [2.24, 2.45) is 0 Å². The van der Waals surface area contributed by atoms with Crippen LogP contribution in [0.1, 0.15) is 47.0 Å². The highest BCUT2D eigenvalue weighted by Crippen LogP contribution is 2.17. The Hall–Kier alpha value is -0.520. The van der Waals surface area contributed by atoms with Crippen molar-refractivity contribution in [3.05, 3.63) is 23.3 Å². The van der Waals surface area contributed by atoms with Gasteiger partial charge in [-0.1, -0.05) is 32.9 Å². The van der Waals surface area contributed by atoms with Gasteiger partial charge in [-0.15, -0.1) is 0 Å². The molecular weight excluding hydrogens is 132 g/mol. The second-order valence-electron chi connectivity index (χ2n) is 2.66. The van der Waals surface area contributed by atoms with Gasteiger partial charge in [-0.2, -0.15) is 0 Å². The first kappa shape index (κ1) is 10.5. The standard InChI is InChI=1S/C11H20/c1-5-9-11(8-4)10(6-2)7-3/h6,9H,5,7-8H2,1-4H3. The molecule has 0 N–H and O–H groups in total. The predicted molar refractivity (Wildman–Crippen MR) is 52.7 cm³/mol. The van der Waals surface area contributed by atoms with E-state index in [0.717, 1.165) is 12.8 Å². The molecule has 0 amide bonds. The van der Waals surface area contributed by atoms with Crippen LogP contribution in [0.25, 0.3) is 0 Å². The number of hydrogen-bond acceptors (Lipinski definition) is 0. The zero-order valence-corrected chi connectivity index (χ0v) is 8.28. The molecule has 0 heterocycles. The molecule has 0 saturated carbocycles. The van der Waals surface area contributed by atoms with Gasteiger partial charge >= 0.3 is 0 Å². The lowest BCUT2D eigenvalue weighted by molar-refractivity contribution is 0.999. The van der Waals surface area contributed by atoms with Crippen LogP contribution in [0.4, 0.5) is 0 Å². The molecule has 0 saturated heterocycles. The van der Waals surface area contributed by atoms with Crippen molar-refractivity contribution in [2.75, 3.05) is 0 Å². The zero-order valence-electron chi connectivity index (χ0n) is 8.28. The molecule has 0 unspecified atom stereocenters. The topological polar surface area (TPSA) is 0 Å². The van der Waals surface area contributed by atoms with Crippen molar-refractivity contribution in [2.45, 2.75) is 47.0 Å². The van der Waals surface area contributed by atoms with Crippen LogP contribution in [-0.4, -0.2) is 0 Å². The van der Waals surface area contributed by atoms with Gasteiger partial charge < -0.3 is 0 Å². The van der Waals surface area contributed by atoms with Gasteiger partial charge in [-0.05, 0) is 37.3 Å². The van der Waals surface area contributed by atoms with Crippen molar-refractivity contribution >= 4 is 0 Å². The van der Waals surface area contributed by atoms with Crippen molar-refractivity contribution in [3.63, 3.8) is 0 Å². The Kier molecular flexibility index (Phi) is 5.91. The fraction of sp³-hybridized carbons (Fsp3) is 0.636. The maximum Gasteiger partial charge on any atom is -0.0308 e. The first-order chi connectivity index (χ1) is 5.29. The lowest BCUT2D eigenvalue weighted by Crippen LogP contribution is -1.86. The van der Waals surface area contributed by atoms with Crippen molar-refractivity contribution in [3.8, 4) is 0 Å². The molecule has 0 atom stereocenters. The molecule has 0 bridgehead atoms. The highest BCUT2D eigenvalue weighted by molar-refractivity contribution is 5.29. The predicted octanol–water partition coefficient (Wildman–Crippen LogP) is 4.09. The number of rotatable bonds is 4. The lowest BCUT2D eigenvalue weighted by atomic mass is 10.0. The Balaban J connectivity index is 4.35. The monoisotopic (exact) mass is 152 g/mol. The van der Waals surface area contributed by atoms with Gasteiger partial charge in [0.25, 0.3) is 0 Å². The van der Waals surface area contributed by atoms with Crippen LogP contribution < -0.4 is 0 Å². The van der Waals surface area contributed by atoms with Gasteiger partial charge in [0.05, 0.1) is 0 Å². The second kappa shape index (κ2) is 6.21. The van der Waals surface area contributed by atoms with Crippen molar-refractivity contribution in [1.29, 1.82) is 0 Å². The third-order valence-electron chi connectivity index (χ3n) is 1.97. The molecule has 0 aliphatic heterocycles. The number of allylic oxidation sites excluding steroid dienone is 4. The Morgan fingerprint density at radius 1 is 1.00 bits per heavy atom. The minimum Gasteiger partial charge on any atom is -0.0842 e. The molecule has 64 valence electrons. The third kappa shape index (κ3) is 3.41. The van der Waals surface area contributed by atoms with E-state index in [4.69, 9.17) is 0 Å². The van der Waals surface area contributed by atoms with Crippen LogP contribution in [0.5, 0.6) is 0 Å². The summed E-state index contributed by atoms with van der Waals surface area (Å²) in [7, 11) is 0. The largest absolute Gasteiger partial charge is 0.0842 e. The van der Waals surface area contributed by atoms with E-state index in [2.05, 4.69) is 39.8 Å². The normalized spacial score (nSPS) is 13.8. The second-order valence-corrected chi connectivity index (χ2v) is 2.66. The molecule has 0 heteroatoms. The summed E-state index contributed by atoms with van der Waals surface area (Å²) < 4.78 is 0. The van der Waals surface area contributed by atoms with E-state index >= 15 is 0 Å². The van der Waals surface area contributed by atoms with E-state index in [1.54, 1.807) is 0 Å². The zero-order chi connectivity index (χ0) is 8.69. The van der Waals surface area contributed by atoms with Crippen LogP contribution in [0.15, 0.2) is 23.3 Å². The lowest BCUT2D eigenvalue weighted by Gasteiger charge is -2.06. The van der Waals surface area contributed by atoms with Crippen LogP contribution in [0, 0.1) is 0 Å². The third-order valence-corrected chi connectivity index (χ3v) is 1.97. The van der Waals surface area contributed by atoms with Crippen LogP contribution in [-0.2, 0) is 0 Å². The summed E-state index contributed by atoms with van der Waals surface area (Å²) in [6, 6.07) is 0. The summed E-state index contributed by atoms with van der Waals surface area (Å²) in [4.78, 5) is 0. The van der Waals surface area contributed by atoms with Crippen LogP contribution in [0.3, 0.4) is 0 Å². The average Bonchev–Trinajstić information content (AvgIpc) is 2.05. The Bertz CT molecular complexity index is 149. The number of hydrogen-bond donors (Lipinski definition) is 0. The van der Waals surface area contributed by atoms with E-state index in [1.165, 1.54) is 17.6 Å². The first-order valence-electron chi connectivity index (χ1n) is 4.64. The Morgan fingerprint density at radius 3 is 1.82 bits per heavy atom. The van der Waals surface area contributed by atoms with Gasteiger partial charge in [-0.25, -0.2) is 0 Å². The maximum absolute atomic E-state index is 2.33. The molecular formula is C11H20. The van der Waals surface area contributed by atoms with Crippen molar-refractivity contribution < 1.29 is 0 Å². The molecule has 0 fully saturated rings. The van der Waals surface area contributed by atoms with Crippen LogP contribution >= 0.6 is 0 Å². The summed E-state index contributed by atoms with van der Waals surface area (Å²) in [5.41, 5.74) is 3.03. The molecule has 11 heavy (non-hydrogen) atoms. The highest BCUT2D eigenvalue weighted by Gasteiger charge is 1.97. The summed E-state index contributed by atoms with van der Waals surface area (Å²) in [5, 5.41) is 0. The molecule has 0 aliphatic rings. The SMILES string of the molecule is CC=C(CC)C(=CCC)CC. The smallest absolute Gasteiger partial charge is 0.0308 e. The van der Waals surface area contributed by atoms with Gasteiger partial charge in [0.2, 0.25) is 0 Å². The molecule has 0 aromatic rings. The summed E-state index contributed by atoms with van der Waals surface area (Å²) in [6.45, 7) is 8.76. The Morgan fingerprint density at radius 2 is 1.55 bits per heavy atom. The van der Waals surface area contributed by atoms with Crippen LogP contribution in [0.2, 0.25) is 0 Å². The molecule has 0 aromatic heterocycles. The average molecular weight is 152 g/mol. The summed E-state index contributed by atoms with van der Waals surface area (Å²) in [6.07, 6.45) is 8.04. The first-order valence-corrected chi connectivity index (χ1v) is 4.64. The fourth-order valence-electron chi connectivity index (χ4n) is 1.37. The molecule has 0 aromatic carbocycles. The van der Waals surface area contributed by atoms with Gasteiger partial charge in [0.15, 0.2) is 0 Å². The van der Waals surface area contributed by atoms with E-state index in [9.17, 15) is 0 Å².